The van der Waals surface area contributed by atoms with Crippen LogP contribution in [-0.4, -0.2) is 39.1 Å². The molecule has 1 unspecified atom stereocenters. The monoisotopic (exact) mass is 411 g/mol. The Labute approximate surface area is 179 Å². The van der Waals surface area contributed by atoms with Crippen molar-refractivity contribution in [2.45, 2.75) is 77.5 Å². The summed E-state index contributed by atoms with van der Waals surface area (Å²) in [6, 6.07) is 6.50. The van der Waals surface area contributed by atoms with Crippen LogP contribution in [0.1, 0.15) is 81.3 Å². The van der Waals surface area contributed by atoms with Gasteiger partial charge >= 0.3 is 5.97 Å². The van der Waals surface area contributed by atoms with E-state index in [0.29, 0.717) is 25.7 Å². The molecule has 0 radical (unpaired) electrons. The van der Waals surface area contributed by atoms with Gasteiger partial charge in [-0.3, -0.25) is 4.79 Å². The van der Waals surface area contributed by atoms with Gasteiger partial charge in [0, 0.05) is 19.3 Å². The van der Waals surface area contributed by atoms with Gasteiger partial charge in [-0.25, -0.2) is 4.79 Å². The van der Waals surface area contributed by atoms with Crippen LogP contribution >= 0.6 is 0 Å². The van der Waals surface area contributed by atoms with E-state index in [9.17, 15) is 19.8 Å². The van der Waals surface area contributed by atoms with Crippen molar-refractivity contribution in [3.05, 3.63) is 47.5 Å². The summed E-state index contributed by atoms with van der Waals surface area (Å²) in [7, 11) is 0. The molecule has 5 nitrogen and oxygen atoms in total. The van der Waals surface area contributed by atoms with E-state index in [-0.39, 0.29) is 29.5 Å². The molecule has 0 spiro atoms. The van der Waals surface area contributed by atoms with Crippen LogP contribution in [0.3, 0.4) is 0 Å². The molecule has 0 bridgehead atoms. The Hall–Kier alpha value is -2.58. The van der Waals surface area contributed by atoms with E-state index < -0.39 is 12.1 Å². The van der Waals surface area contributed by atoms with Gasteiger partial charge in [-0.1, -0.05) is 45.1 Å². The number of unbranched alkanes of at least 4 members (excludes halogenated alkanes) is 1. The molecule has 1 saturated heterocycles. The number of aromatic carboxylic acids is 1. The zero-order chi connectivity index (χ0) is 22.1. The van der Waals surface area contributed by atoms with Crippen LogP contribution in [0.4, 0.5) is 0 Å². The number of carbonyl (C=O) groups excluding carboxylic acids is 1. The zero-order valence-corrected chi connectivity index (χ0v) is 18.2. The van der Waals surface area contributed by atoms with Crippen LogP contribution in [0.2, 0.25) is 0 Å². The fourth-order valence-corrected chi connectivity index (χ4v) is 3.79. The first-order valence-corrected chi connectivity index (χ1v) is 10.9. The van der Waals surface area contributed by atoms with Crippen LogP contribution in [-0.2, 0) is 4.79 Å². The summed E-state index contributed by atoms with van der Waals surface area (Å²) in [4.78, 5) is 25.8. The molecular weight excluding hydrogens is 378 g/mol. The predicted molar refractivity (Wildman–Crippen MR) is 118 cm³/mol. The summed E-state index contributed by atoms with van der Waals surface area (Å²) in [6.07, 6.45) is 7.47. The summed E-state index contributed by atoms with van der Waals surface area (Å²) < 4.78 is 0. The SMILES string of the molecule is CCCC#CC[C@H](C)[C@H](O)/C=C/[C@H]1CCC(=O)N1C(CC)c1cccc(C(=O)O)c1. The number of hydrogen-bond donors (Lipinski definition) is 2. The van der Waals surface area contributed by atoms with Gasteiger partial charge in [0.05, 0.1) is 23.8 Å². The number of carboxylic acids is 1. The molecule has 1 fully saturated rings. The van der Waals surface area contributed by atoms with Crippen molar-refractivity contribution in [3.8, 4) is 11.8 Å². The first-order chi connectivity index (χ1) is 14.4. The molecule has 0 aliphatic carbocycles. The number of rotatable bonds is 9. The number of carbonyl (C=O) groups is 2. The van der Waals surface area contributed by atoms with E-state index in [1.165, 1.54) is 0 Å². The molecule has 1 heterocycles. The molecular formula is C25H33NO4. The van der Waals surface area contributed by atoms with Crippen LogP contribution in [0.15, 0.2) is 36.4 Å². The van der Waals surface area contributed by atoms with E-state index in [0.717, 1.165) is 18.4 Å². The van der Waals surface area contributed by atoms with Gasteiger partial charge in [0.2, 0.25) is 5.91 Å². The number of amides is 1. The Morgan fingerprint density at radius 3 is 2.77 bits per heavy atom. The van der Waals surface area contributed by atoms with Crippen LogP contribution in [0.5, 0.6) is 0 Å². The van der Waals surface area contributed by atoms with E-state index >= 15 is 0 Å². The van der Waals surface area contributed by atoms with E-state index in [1.54, 1.807) is 24.3 Å². The second-order valence-corrected chi connectivity index (χ2v) is 7.92. The Kier molecular flexibility index (Phi) is 9.14. The Morgan fingerprint density at radius 2 is 2.10 bits per heavy atom. The summed E-state index contributed by atoms with van der Waals surface area (Å²) in [5.41, 5.74) is 1.05. The second-order valence-electron chi connectivity index (χ2n) is 7.92. The number of likely N-dealkylation sites (tertiary alicyclic amines) is 1. The maximum absolute atomic E-state index is 12.7. The quantitative estimate of drug-likeness (QED) is 0.461. The zero-order valence-electron chi connectivity index (χ0n) is 18.2. The van der Waals surface area contributed by atoms with Crippen molar-refractivity contribution >= 4 is 11.9 Å². The summed E-state index contributed by atoms with van der Waals surface area (Å²) in [5, 5.41) is 19.8. The lowest BCUT2D eigenvalue weighted by Gasteiger charge is -2.32. The Morgan fingerprint density at radius 1 is 1.33 bits per heavy atom. The number of nitrogens with zero attached hydrogens (tertiary/aromatic N) is 1. The summed E-state index contributed by atoms with van der Waals surface area (Å²) >= 11 is 0. The normalized spacial score (nSPS) is 19.4. The van der Waals surface area contributed by atoms with Gasteiger partial charge in [0.15, 0.2) is 0 Å². The molecule has 1 amide bonds. The minimum atomic E-state index is -0.977. The lowest BCUT2D eigenvalue weighted by atomic mass is 9.98. The molecule has 5 heteroatoms. The maximum atomic E-state index is 12.7. The molecule has 2 N–H and O–H groups in total. The van der Waals surface area contributed by atoms with Crippen molar-refractivity contribution in [2.24, 2.45) is 5.92 Å². The first kappa shape index (κ1) is 23.7. The molecule has 1 aliphatic rings. The second kappa shape index (κ2) is 11.6. The number of benzene rings is 1. The van der Waals surface area contributed by atoms with Gasteiger partial charge in [0.1, 0.15) is 0 Å². The van der Waals surface area contributed by atoms with Crippen molar-refractivity contribution in [1.29, 1.82) is 0 Å². The highest BCUT2D eigenvalue weighted by Gasteiger charge is 2.35. The average Bonchev–Trinajstić information content (AvgIpc) is 3.10. The minimum absolute atomic E-state index is 0.0189. The number of aliphatic hydroxyl groups excluding tert-OH is 1. The van der Waals surface area contributed by atoms with Gasteiger partial charge in [-0.15, -0.1) is 11.8 Å². The molecule has 162 valence electrons. The maximum Gasteiger partial charge on any atom is 0.335 e. The average molecular weight is 412 g/mol. The molecule has 1 aromatic carbocycles. The largest absolute Gasteiger partial charge is 0.478 e. The third kappa shape index (κ3) is 6.21. The highest BCUT2D eigenvalue weighted by Crippen LogP contribution is 2.33. The predicted octanol–water partition coefficient (Wildman–Crippen LogP) is 4.57. The third-order valence-electron chi connectivity index (χ3n) is 5.58. The standard InChI is InChI=1S/C25H33NO4/c1-4-6-7-8-10-18(3)23(27)15-13-21-14-16-24(28)26(21)22(5-2)19-11-9-12-20(17-19)25(29)30/h9,11-13,15,17-18,21-23,27H,4-6,10,14,16H2,1-3H3,(H,29,30)/b15-13+/t18-,21-,22?,23+/m0/s1. The third-order valence-corrected chi connectivity index (χ3v) is 5.58. The fourth-order valence-electron chi connectivity index (χ4n) is 3.79. The van der Waals surface area contributed by atoms with E-state index in [4.69, 9.17) is 0 Å². The van der Waals surface area contributed by atoms with Crippen molar-refractivity contribution in [2.75, 3.05) is 0 Å². The minimum Gasteiger partial charge on any atom is -0.478 e. The fraction of sp³-hybridized carbons (Fsp3) is 0.520. The smallest absolute Gasteiger partial charge is 0.335 e. The molecule has 1 aliphatic heterocycles. The number of hydrogen-bond acceptors (Lipinski definition) is 3. The van der Waals surface area contributed by atoms with Crippen molar-refractivity contribution < 1.29 is 19.8 Å². The van der Waals surface area contributed by atoms with Gasteiger partial charge < -0.3 is 15.1 Å². The molecule has 0 aromatic heterocycles. The van der Waals surface area contributed by atoms with Crippen molar-refractivity contribution in [3.63, 3.8) is 0 Å². The summed E-state index contributed by atoms with van der Waals surface area (Å²) in [6.45, 7) is 6.06. The lowest BCUT2D eigenvalue weighted by Crippen LogP contribution is -2.35. The highest BCUT2D eigenvalue weighted by molar-refractivity contribution is 5.88. The Bertz CT molecular complexity index is 820. The topological polar surface area (TPSA) is 77.8 Å². The molecule has 1 aromatic rings. The molecule has 0 saturated carbocycles. The molecule has 30 heavy (non-hydrogen) atoms. The van der Waals surface area contributed by atoms with Gasteiger partial charge in [-0.05, 0) is 42.9 Å². The van der Waals surface area contributed by atoms with E-state index in [1.807, 2.05) is 30.9 Å². The van der Waals surface area contributed by atoms with Gasteiger partial charge in [0.25, 0.3) is 0 Å². The lowest BCUT2D eigenvalue weighted by molar-refractivity contribution is -0.130. The molecule has 2 rings (SSSR count). The Balaban J connectivity index is 2.14. The van der Waals surface area contributed by atoms with Crippen LogP contribution in [0, 0.1) is 17.8 Å². The van der Waals surface area contributed by atoms with Crippen molar-refractivity contribution in [1.82, 2.24) is 4.90 Å². The summed E-state index contributed by atoms with van der Waals surface area (Å²) in [5.74, 6) is 5.32. The van der Waals surface area contributed by atoms with Gasteiger partial charge in [-0.2, -0.15) is 0 Å². The molecule has 4 atom stereocenters. The highest BCUT2D eigenvalue weighted by atomic mass is 16.4. The van der Waals surface area contributed by atoms with E-state index in [2.05, 4.69) is 18.8 Å². The van der Waals surface area contributed by atoms with Crippen LogP contribution in [0.25, 0.3) is 0 Å². The first-order valence-electron chi connectivity index (χ1n) is 10.9. The number of aliphatic hydroxyl groups is 1. The van der Waals surface area contributed by atoms with Crippen LogP contribution < -0.4 is 0 Å². The number of carboxylic acid groups (broad SMARTS) is 1.